The van der Waals surface area contributed by atoms with E-state index in [9.17, 15) is 14.4 Å². The third-order valence-electron chi connectivity index (χ3n) is 3.12. The molecule has 2 rings (SSSR count). The number of hydrogen-bond acceptors (Lipinski definition) is 6. The number of terminal acetylenes is 1. The van der Waals surface area contributed by atoms with E-state index in [1.165, 1.54) is 6.08 Å². The lowest BCUT2D eigenvalue weighted by Gasteiger charge is -2.13. The van der Waals surface area contributed by atoms with E-state index in [0.717, 1.165) is 16.7 Å². The fourth-order valence-electron chi connectivity index (χ4n) is 2.05. The molecule has 136 valence electrons. The predicted octanol–water partition coefficient (Wildman–Crippen LogP) is 2.98. The topological polar surface area (TPSA) is 93.1 Å². The number of aliphatic carboxylic acids is 1. The van der Waals surface area contributed by atoms with Crippen LogP contribution in [0.25, 0.3) is 6.08 Å². The summed E-state index contributed by atoms with van der Waals surface area (Å²) in [4.78, 5) is 36.0. The minimum atomic E-state index is -1.12. The number of nitrogens with zero attached hydrogens (tertiary/aromatic N) is 1. The van der Waals surface area contributed by atoms with E-state index in [0.29, 0.717) is 22.4 Å². The van der Waals surface area contributed by atoms with Crippen molar-refractivity contribution in [3.05, 3.63) is 27.1 Å². The monoisotopic (exact) mass is 439 g/mol. The maximum absolute atomic E-state index is 12.3. The number of carbonyl (C=O) groups is 3. The Labute approximate surface area is 162 Å². The average Bonchev–Trinajstić information content (AvgIpc) is 2.84. The molecule has 1 saturated heterocycles. The Morgan fingerprint density at radius 3 is 2.69 bits per heavy atom. The fourth-order valence-corrected chi connectivity index (χ4v) is 3.32. The van der Waals surface area contributed by atoms with Gasteiger partial charge in [0, 0.05) is 4.47 Å². The van der Waals surface area contributed by atoms with Crippen LogP contribution in [-0.2, 0) is 9.59 Å². The van der Waals surface area contributed by atoms with Gasteiger partial charge >= 0.3 is 5.97 Å². The highest BCUT2D eigenvalue weighted by atomic mass is 79.9. The zero-order valence-corrected chi connectivity index (χ0v) is 16.1. The van der Waals surface area contributed by atoms with Crippen LogP contribution in [0.2, 0.25) is 0 Å². The second kappa shape index (κ2) is 8.78. The number of rotatable bonds is 7. The first-order valence-electron chi connectivity index (χ1n) is 7.37. The van der Waals surface area contributed by atoms with Crippen LogP contribution in [0.5, 0.6) is 11.5 Å². The smallest absolute Gasteiger partial charge is 0.341 e. The van der Waals surface area contributed by atoms with Crippen LogP contribution >= 0.6 is 27.7 Å². The Kier molecular flexibility index (Phi) is 6.71. The maximum atomic E-state index is 12.3. The molecule has 1 aromatic carbocycles. The van der Waals surface area contributed by atoms with Crippen LogP contribution in [-0.4, -0.2) is 46.9 Å². The minimum Gasteiger partial charge on any atom is -0.490 e. The van der Waals surface area contributed by atoms with Gasteiger partial charge in [-0.2, -0.15) is 0 Å². The lowest BCUT2D eigenvalue weighted by Crippen LogP contribution is -2.28. The van der Waals surface area contributed by atoms with Crippen LogP contribution in [0.3, 0.4) is 0 Å². The van der Waals surface area contributed by atoms with Crippen molar-refractivity contribution in [1.82, 2.24) is 4.90 Å². The summed E-state index contributed by atoms with van der Waals surface area (Å²) in [5.74, 6) is 1.27. The Bertz CT molecular complexity index is 829. The summed E-state index contributed by atoms with van der Waals surface area (Å²) >= 11 is 4.14. The van der Waals surface area contributed by atoms with Crippen molar-refractivity contribution in [2.45, 2.75) is 6.92 Å². The quantitative estimate of drug-likeness (QED) is 0.515. The molecular formula is C17H14BrNO6S. The largest absolute Gasteiger partial charge is 0.490 e. The van der Waals surface area contributed by atoms with Crippen molar-refractivity contribution >= 4 is 50.9 Å². The molecule has 0 aliphatic carbocycles. The zero-order valence-electron chi connectivity index (χ0n) is 13.7. The van der Waals surface area contributed by atoms with Crippen LogP contribution in [0.4, 0.5) is 4.79 Å². The van der Waals surface area contributed by atoms with E-state index in [2.05, 4.69) is 21.9 Å². The van der Waals surface area contributed by atoms with Crippen molar-refractivity contribution in [3.63, 3.8) is 0 Å². The molecule has 0 radical (unpaired) electrons. The molecule has 26 heavy (non-hydrogen) atoms. The number of ether oxygens (including phenoxy) is 2. The van der Waals surface area contributed by atoms with Gasteiger partial charge in [0.25, 0.3) is 11.1 Å². The van der Waals surface area contributed by atoms with E-state index in [1.54, 1.807) is 19.1 Å². The van der Waals surface area contributed by atoms with Gasteiger partial charge in [-0.1, -0.05) is 21.9 Å². The number of hydrogen-bond donors (Lipinski definition) is 1. The van der Waals surface area contributed by atoms with Crippen LogP contribution < -0.4 is 9.47 Å². The third kappa shape index (κ3) is 4.59. The van der Waals surface area contributed by atoms with Gasteiger partial charge in [0.05, 0.1) is 18.1 Å². The molecule has 0 spiro atoms. The van der Waals surface area contributed by atoms with Crippen molar-refractivity contribution in [2.75, 3.05) is 19.8 Å². The van der Waals surface area contributed by atoms with Gasteiger partial charge in [-0.3, -0.25) is 14.5 Å². The van der Waals surface area contributed by atoms with Crippen LogP contribution in [0.1, 0.15) is 12.5 Å². The molecule has 0 bridgehead atoms. The summed E-state index contributed by atoms with van der Waals surface area (Å²) in [6, 6.07) is 3.14. The first-order chi connectivity index (χ1) is 12.4. The van der Waals surface area contributed by atoms with E-state index in [4.69, 9.17) is 21.0 Å². The highest BCUT2D eigenvalue weighted by Gasteiger charge is 2.34. The van der Waals surface area contributed by atoms with Crippen LogP contribution in [0.15, 0.2) is 21.5 Å². The van der Waals surface area contributed by atoms with Gasteiger partial charge in [0.1, 0.15) is 0 Å². The lowest BCUT2D eigenvalue weighted by molar-refractivity contribution is -0.139. The molecule has 7 nitrogen and oxygen atoms in total. The van der Waals surface area contributed by atoms with Gasteiger partial charge in [0.2, 0.25) is 0 Å². The lowest BCUT2D eigenvalue weighted by atomic mass is 10.2. The molecule has 9 heteroatoms. The van der Waals surface area contributed by atoms with Gasteiger partial charge in [-0.15, -0.1) is 6.42 Å². The van der Waals surface area contributed by atoms with Crippen molar-refractivity contribution < 1.29 is 29.0 Å². The SMILES string of the molecule is C#CCN1C(=O)S/C(=C/c2cc(OCC)c(OCC(=O)O)cc2Br)C1=O. The number of halogens is 1. The summed E-state index contributed by atoms with van der Waals surface area (Å²) in [5, 5.41) is 8.32. The number of benzene rings is 1. The fraction of sp³-hybridized carbons (Fsp3) is 0.235. The Balaban J connectivity index is 2.36. The molecule has 1 aliphatic heterocycles. The van der Waals surface area contributed by atoms with Crippen molar-refractivity contribution in [3.8, 4) is 23.8 Å². The summed E-state index contributed by atoms with van der Waals surface area (Å²) in [6.07, 6.45) is 6.71. The summed E-state index contributed by atoms with van der Waals surface area (Å²) < 4.78 is 11.2. The maximum Gasteiger partial charge on any atom is 0.341 e. The molecule has 1 aliphatic rings. The van der Waals surface area contributed by atoms with E-state index in [1.807, 2.05) is 0 Å². The number of carbonyl (C=O) groups excluding carboxylic acids is 2. The standard InChI is InChI=1S/C17H14BrNO6S/c1-3-5-19-16(22)14(26-17(19)23)7-10-6-12(24-4-2)13(8-11(10)18)25-9-15(20)21/h1,6-8H,4-5,9H2,2H3,(H,20,21)/b14-7+. The van der Waals surface area contributed by atoms with Gasteiger partial charge in [-0.25, -0.2) is 4.79 Å². The molecule has 2 amide bonds. The van der Waals surface area contributed by atoms with E-state index in [-0.39, 0.29) is 17.2 Å². The van der Waals surface area contributed by atoms with Gasteiger partial charge < -0.3 is 14.6 Å². The molecule has 1 heterocycles. The normalized spacial score (nSPS) is 15.3. The highest BCUT2D eigenvalue weighted by molar-refractivity contribution is 9.10. The first kappa shape index (κ1) is 19.9. The molecule has 0 atom stereocenters. The molecular weight excluding hydrogens is 426 g/mol. The Hall–Kier alpha value is -2.44. The zero-order chi connectivity index (χ0) is 19.3. The molecule has 0 aromatic heterocycles. The van der Waals surface area contributed by atoms with Crippen LogP contribution in [0, 0.1) is 12.3 Å². The molecule has 0 saturated carbocycles. The third-order valence-corrected chi connectivity index (χ3v) is 4.72. The number of carboxylic acids is 1. The highest BCUT2D eigenvalue weighted by Crippen LogP contribution is 2.38. The minimum absolute atomic E-state index is 0.0880. The second-order valence-corrected chi connectivity index (χ2v) is 6.76. The van der Waals surface area contributed by atoms with E-state index < -0.39 is 23.7 Å². The molecule has 1 fully saturated rings. The number of imide groups is 1. The number of carboxylic acid groups (broad SMARTS) is 1. The molecule has 0 unspecified atom stereocenters. The number of thioether (sulfide) groups is 1. The number of amides is 2. The molecule has 1 N–H and O–H groups in total. The average molecular weight is 440 g/mol. The second-order valence-electron chi connectivity index (χ2n) is 4.91. The van der Waals surface area contributed by atoms with Crippen molar-refractivity contribution in [2.24, 2.45) is 0 Å². The predicted molar refractivity (Wildman–Crippen MR) is 100.0 cm³/mol. The summed E-state index contributed by atoms with van der Waals surface area (Å²) in [6.45, 7) is 1.50. The molecule has 1 aromatic rings. The van der Waals surface area contributed by atoms with E-state index >= 15 is 0 Å². The summed E-state index contributed by atoms with van der Waals surface area (Å²) in [5.41, 5.74) is 0.572. The van der Waals surface area contributed by atoms with Gasteiger partial charge in [0.15, 0.2) is 18.1 Å². The summed E-state index contributed by atoms with van der Waals surface area (Å²) in [7, 11) is 0. The first-order valence-corrected chi connectivity index (χ1v) is 8.98. The van der Waals surface area contributed by atoms with Crippen molar-refractivity contribution in [1.29, 1.82) is 0 Å². The Morgan fingerprint density at radius 1 is 1.38 bits per heavy atom. The Morgan fingerprint density at radius 2 is 2.08 bits per heavy atom. The van der Waals surface area contributed by atoms with Gasteiger partial charge in [-0.05, 0) is 42.5 Å².